The Morgan fingerprint density at radius 1 is 0.857 bits per heavy atom. The molecule has 28 heavy (non-hydrogen) atoms. The molecule has 4 rings (SSSR count). The molecule has 7 heteroatoms. The lowest BCUT2D eigenvalue weighted by Gasteiger charge is -2.32. The largest absolute Gasteiger partial charge is 0.338 e. The molecule has 1 N–H and O–H groups in total. The fourth-order valence-corrected chi connectivity index (χ4v) is 3.16. The predicted octanol–water partition coefficient (Wildman–Crippen LogP) is 2.99. The first-order valence-corrected chi connectivity index (χ1v) is 9.69. The van der Waals surface area contributed by atoms with Crippen molar-refractivity contribution in [3.63, 3.8) is 0 Å². The predicted molar refractivity (Wildman–Crippen MR) is 112 cm³/mol. The monoisotopic (exact) mass is 375 g/mol. The average Bonchev–Trinajstić information content (AvgIpc) is 2.75. The number of hydrogen-bond donors (Lipinski definition) is 1. The van der Waals surface area contributed by atoms with Gasteiger partial charge in [-0.3, -0.25) is 0 Å². The van der Waals surface area contributed by atoms with E-state index < -0.39 is 0 Å². The minimum atomic E-state index is 0.540. The van der Waals surface area contributed by atoms with E-state index in [-0.39, 0.29) is 0 Å². The van der Waals surface area contributed by atoms with Crippen LogP contribution in [0.2, 0.25) is 0 Å². The number of nitrogens with one attached hydrogen (secondary N) is 1. The Labute approximate surface area is 165 Å². The normalized spacial score (nSPS) is 14.9. The highest BCUT2D eigenvalue weighted by Crippen LogP contribution is 2.21. The van der Waals surface area contributed by atoms with Crippen LogP contribution in [0.5, 0.6) is 0 Å². The Hall–Kier alpha value is -3.06. The maximum absolute atomic E-state index is 4.71. The molecule has 0 atom stereocenters. The smallest absolute Gasteiger partial charge is 0.233 e. The number of aromatic nitrogens is 4. The minimum Gasteiger partial charge on any atom is -0.338 e. The van der Waals surface area contributed by atoms with Gasteiger partial charge in [0.2, 0.25) is 11.9 Å². The number of hydrogen-bond acceptors (Lipinski definition) is 7. The number of piperazine rings is 1. The second-order valence-corrected chi connectivity index (χ2v) is 6.92. The Bertz CT molecular complexity index is 921. The topological polar surface area (TPSA) is 70.1 Å². The third-order valence-corrected chi connectivity index (χ3v) is 4.83. The molecule has 0 saturated carbocycles. The molecule has 1 fully saturated rings. The van der Waals surface area contributed by atoms with Crippen molar-refractivity contribution in [1.29, 1.82) is 0 Å². The quantitative estimate of drug-likeness (QED) is 0.735. The molecule has 0 spiro atoms. The van der Waals surface area contributed by atoms with Crippen LogP contribution >= 0.6 is 0 Å². The van der Waals surface area contributed by atoms with E-state index >= 15 is 0 Å². The molecule has 3 aromatic rings. The van der Waals surface area contributed by atoms with E-state index in [0.717, 1.165) is 61.4 Å². The van der Waals surface area contributed by atoms with Crippen molar-refractivity contribution in [3.8, 4) is 11.3 Å². The summed E-state index contributed by atoms with van der Waals surface area (Å²) in [6.45, 7) is 5.92. The standard InChI is InChI=1S/C21H25N7/c1-3-18-23-20(26-21(25-18)28-14-12-27(2)13-15-28)24-19-11-7-10-17(22-19)16-8-5-4-6-9-16/h4-11H,3,12-15H2,1-2H3,(H,22,23,24,25,26). The van der Waals surface area contributed by atoms with Crippen molar-refractivity contribution in [2.45, 2.75) is 13.3 Å². The molecule has 7 nitrogen and oxygen atoms in total. The highest BCUT2D eigenvalue weighted by Gasteiger charge is 2.18. The van der Waals surface area contributed by atoms with E-state index in [4.69, 9.17) is 4.98 Å². The Morgan fingerprint density at radius 2 is 1.64 bits per heavy atom. The fraction of sp³-hybridized carbons (Fsp3) is 0.333. The van der Waals surface area contributed by atoms with Crippen molar-refractivity contribution in [1.82, 2.24) is 24.8 Å². The van der Waals surface area contributed by atoms with E-state index in [1.54, 1.807) is 0 Å². The summed E-state index contributed by atoms with van der Waals surface area (Å²) in [5, 5.41) is 3.27. The minimum absolute atomic E-state index is 0.540. The van der Waals surface area contributed by atoms with E-state index in [9.17, 15) is 0 Å². The van der Waals surface area contributed by atoms with Crippen molar-refractivity contribution in [3.05, 3.63) is 54.4 Å². The molecule has 2 aromatic heterocycles. The zero-order valence-corrected chi connectivity index (χ0v) is 16.3. The Morgan fingerprint density at radius 3 is 2.39 bits per heavy atom. The zero-order valence-electron chi connectivity index (χ0n) is 16.3. The third-order valence-electron chi connectivity index (χ3n) is 4.83. The van der Waals surface area contributed by atoms with Gasteiger partial charge in [-0.1, -0.05) is 43.3 Å². The molecule has 0 radical (unpaired) electrons. The Balaban J connectivity index is 1.58. The summed E-state index contributed by atoms with van der Waals surface area (Å²) in [6.07, 6.45) is 0.759. The van der Waals surface area contributed by atoms with Gasteiger partial charge in [0.25, 0.3) is 0 Å². The van der Waals surface area contributed by atoms with Gasteiger partial charge in [-0.2, -0.15) is 15.0 Å². The summed E-state index contributed by atoms with van der Waals surface area (Å²) in [5.74, 6) is 2.78. The second kappa shape index (κ2) is 8.31. The highest BCUT2D eigenvalue weighted by molar-refractivity contribution is 5.62. The van der Waals surface area contributed by atoms with E-state index in [1.165, 1.54) is 0 Å². The van der Waals surface area contributed by atoms with Crippen LogP contribution in [0.3, 0.4) is 0 Å². The number of pyridine rings is 1. The maximum Gasteiger partial charge on any atom is 0.233 e. The van der Waals surface area contributed by atoms with E-state index in [2.05, 4.69) is 56.2 Å². The molecular formula is C21H25N7. The number of benzene rings is 1. The van der Waals surface area contributed by atoms with Crippen LogP contribution < -0.4 is 10.2 Å². The molecule has 0 aliphatic carbocycles. The van der Waals surface area contributed by atoms with Gasteiger partial charge >= 0.3 is 0 Å². The first-order valence-electron chi connectivity index (χ1n) is 9.69. The van der Waals surface area contributed by atoms with Crippen molar-refractivity contribution in [2.75, 3.05) is 43.4 Å². The van der Waals surface area contributed by atoms with Crippen molar-refractivity contribution >= 4 is 17.7 Å². The molecule has 1 saturated heterocycles. The van der Waals surface area contributed by atoms with Crippen LogP contribution in [0.4, 0.5) is 17.7 Å². The summed E-state index contributed by atoms with van der Waals surface area (Å²) < 4.78 is 0. The maximum atomic E-state index is 4.71. The molecule has 1 aromatic carbocycles. The van der Waals surface area contributed by atoms with Gasteiger partial charge in [-0.15, -0.1) is 0 Å². The molecule has 0 bridgehead atoms. The number of rotatable bonds is 5. The van der Waals surface area contributed by atoms with Gasteiger partial charge in [0, 0.05) is 38.2 Å². The second-order valence-electron chi connectivity index (χ2n) is 6.92. The van der Waals surface area contributed by atoms with Crippen LogP contribution in [0.15, 0.2) is 48.5 Å². The van der Waals surface area contributed by atoms with Gasteiger partial charge in [0.1, 0.15) is 11.6 Å². The molecular weight excluding hydrogens is 350 g/mol. The lowest BCUT2D eigenvalue weighted by atomic mass is 10.1. The highest BCUT2D eigenvalue weighted by atomic mass is 15.3. The molecule has 0 unspecified atom stereocenters. The molecule has 1 aliphatic heterocycles. The fourth-order valence-electron chi connectivity index (χ4n) is 3.16. The van der Waals surface area contributed by atoms with Crippen LogP contribution in [0.25, 0.3) is 11.3 Å². The van der Waals surface area contributed by atoms with Crippen LogP contribution in [-0.4, -0.2) is 58.1 Å². The molecule has 0 amide bonds. The first kappa shape index (κ1) is 18.3. The van der Waals surface area contributed by atoms with Crippen LogP contribution in [0, 0.1) is 0 Å². The lowest BCUT2D eigenvalue weighted by molar-refractivity contribution is 0.311. The summed E-state index contributed by atoms with van der Waals surface area (Å²) in [6, 6.07) is 16.0. The van der Waals surface area contributed by atoms with Crippen molar-refractivity contribution in [2.24, 2.45) is 0 Å². The Kier molecular flexibility index (Phi) is 5.43. The number of aryl methyl sites for hydroxylation is 1. The van der Waals surface area contributed by atoms with Crippen molar-refractivity contribution < 1.29 is 0 Å². The average molecular weight is 375 g/mol. The van der Waals surface area contributed by atoms with Gasteiger partial charge in [0.15, 0.2) is 0 Å². The summed E-state index contributed by atoms with van der Waals surface area (Å²) in [7, 11) is 2.14. The summed E-state index contributed by atoms with van der Waals surface area (Å²) in [4.78, 5) is 23.1. The molecule has 3 heterocycles. The van der Waals surface area contributed by atoms with Gasteiger partial charge in [-0.05, 0) is 19.2 Å². The van der Waals surface area contributed by atoms with Crippen LogP contribution in [-0.2, 0) is 6.42 Å². The van der Waals surface area contributed by atoms with Gasteiger partial charge in [-0.25, -0.2) is 4.98 Å². The lowest BCUT2D eigenvalue weighted by Crippen LogP contribution is -2.45. The van der Waals surface area contributed by atoms with E-state index in [1.807, 2.05) is 36.4 Å². The van der Waals surface area contributed by atoms with Gasteiger partial charge in [0.05, 0.1) is 5.69 Å². The summed E-state index contributed by atoms with van der Waals surface area (Å²) in [5.41, 5.74) is 1.99. The zero-order chi connectivity index (χ0) is 19.3. The molecule has 1 aliphatic rings. The number of anilines is 3. The third kappa shape index (κ3) is 4.26. The number of nitrogens with zero attached hydrogens (tertiary/aromatic N) is 6. The number of likely N-dealkylation sites (N-methyl/N-ethyl adjacent to an activating group) is 1. The van der Waals surface area contributed by atoms with Gasteiger partial charge < -0.3 is 15.1 Å². The SMILES string of the molecule is CCc1nc(Nc2cccc(-c3ccccc3)n2)nc(N2CCN(C)CC2)n1. The summed E-state index contributed by atoms with van der Waals surface area (Å²) >= 11 is 0. The molecule has 144 valence electrons. The van der Waals surface area contributed by atoms with Crippen LogP contribution in [0.1, 0.15) is 12.7 Å². The van der Waals surface area contributed by atoms with E-state index in [0.29, 0.717) is 5.95 Å². The first-order chi connectivity index (χ1) is 13.7.